The quantitative estimate of drug-likeness (QED) is 0.757. The second-order valence-electron chi connectivity index (χ2n) is 7.63. The molecule has 146 valence electrons. The molecule has 2 aromatic heterocycles. The van der Waals surface area contributed by atoms with E-state index in [1.165, 1.54) is 25.7 Å². The molecule has 4 rings (SSSR count). The van der Waals surface area contributed by atoms with Gasteiger partial charge in [-0.2, -0.15) is 4.98 Å². The maximum absolute atomic E-state index is 5.60. The summed E-state index contributed by atoms with van der Waals surface area (Å²) in [6.07, 6.45) is 11.1. The highest BCUT2D eigenvalue weighted by molar-refractivity contribution is 5.24. The highest BCUT2D eigenvalue weighted by Crippen LogP contribution is 2.32. The van der Waals surface area contributed by atoms with Crippen LogP contribution >= 0.6 is 0 Å². The van der Waals surface area contributed by atoms with Crippen molar-refractivity contribution >= 4 is 5.95 Å². The molecule has 2 aliphatic rings. The predicted molar refractivity (Wildman–Crippen MR) is 100 cm³/mol. The summed E-state index contributed by atoms with van der Waals surface area (Å²) in [6, 6.07) is 0. The number of nitrogens with one attached hydrogen (secondary N) is 1. The van der Waals surface area contributed by atoms with Crippen LogP contribution in [-0.4, -0.2) is 51.3 Å². The van der Waals surface area contributed by atoms with Crippen molar-refractivity contribution in [2.45, 2.75) is 63.6 Å². The zero-order valence-electron chi connectivity index (χ0n) is 15.9. The van der Waals surface area contributed by atoms with Crippen molar-refractivity contribution in [3.8, 4) is 0 Å². The lowest BCUT2D eigenvalue weighted by atomic mass is 10.1. The van der Waals surface area contributed by atoms with E-state index < -0.39 is 0 Å². The van der Waals surface area contributed by atoms with Crippen LogP contribution in [-0.2, 0) is 17.8 Å². The van der Waals surface area contributed by atoms with Gasteiger partial charge in [-0.25, -0.2) is 9.97 Å². The van der Waals surface area contributed by atoms with Crippen LogP contribution in [0.15, 0.2) is 16.9 Å². The number of hydrogen-bond donors (Lipinski definition) is 1. The maximum atomic E-state index is 5.60. The zero-order valence-corrected chi connectivity index (χ0v) is 15.9. The molecule has 1 aliphatic carbocycles. The van der Waals surface area contributed by atoms with Crippen molar-refractivity contribution in [2.75, 3.05) is 25.5 Å². The monoisotopic (exact) mass is 372 g/mol. The summed E-state index contributed by atoms with van der Waals surface area (Å²) in [6.45, 7) is 3.01. The fraction of sp³-hybridized carbons (Fsp3) is 0.684. The first-order valence-electron chi connectivity index (χ1n) is 9.93. The minimum Gasteiger partial charge on any atom is -0.376 e. The number of nitrogens with zero attached hydrogens (tertiary/aromatic N) is 5. The van der Waals surface area contributed by atoms with E-state index in [0.29, 0.717) is 18.4 Å². The molecule has 3 heterocycles. The molecule has 1 aliphatic heterocycles. The Morgan fingerprint density at radius 3 is 2.67 bits per heavy atom. The van der Waals surface area contributed by atoms with E-state index in [1.54, 1.807) is 0 Å². The lowest BCUT2D eigenvalue weighted by molar-refractivity contribution is 0.120. The standard InChI is InChI=1S/C19H28N6O2/c1-25(13-17-23-18(27-24-17)15-5-2-3-6-15)12-14-9-20-19(21-10-14)22-11-16-7-4-8-26-16/h9-10,15-16H,2-8,11-13H2,1H3,(H,20,21,22). The number of aromatic nitrogens is 4. The minimum atomic E-state index is 0.281. The first-order valence-corrected chi connectivity index (χ1v) is 9.93. The molecule has 8 nitrogen and oxygen atoms in total. The van der Waals surface area contributed by atoms with E-state index in [-0.39, 0.29) is 6.10 Å². The molecule has 1 N–H and O–H groups in total. The van der Waals surface area contributed by atoms with Gasteiger partial charge < -0.3 is 14.6 Å². The second-order valence-corrected chi connectivity index (χ2v) is 7.63. The topological polar surface area (TPSA) is 89.2 Å². The summed E-state index contributed by atoms with van der Waals surface area (Å²) in [4.78, 5) is 15.5. The fourth-order valence-corrected chi connectivity index (χ4v) is 3.82. The highest BCUT2D eigenvalue weighted by atomic mass is 16.5. The van der Waals surface area contributed by atoms with Crippen LogP contribution in [0.1, 0.15) is 61.7 Å². The molecule has 1 saturated carbocycles. The number of ether oxygens (including phenoxy) is 1. The third-order valence-corrected chi connectivity index (χ3v) is 5.27. The third kappa shape index (κ3) is 5.01. The first-order chi connectivity index (χ1) is 13.3. The fourth-order valence-electron chi connectivity index (χ4n) is 3.82. The molecule has 1 saturated heterocycles. The third-order valence-electron chi connectivity index (χ3n) is 5.27. The van der Waals surface area contributed by atoms with Gasteiger partial charge >= 0.3 is 0 Å². The number of hydrogen-bond acceptors (Lipinski definition) is 8. The molecule has 2 aromatic rings. The Hall–Kier alpha value is -2.06. The van der Waals surface area contributed by atoms with E-state index in [9.17, 15) is 0 Å². The molecule has 1 unspecified atom stereocenters. The van der Waals surface area contributed by atoms with Gasteiger partial charge in [0.15, 0.2) is 5.82 Å². The smallest absolute Gasteiger partial charge is 0.229 e. The first kappa shape index (κ1) is 18.3. The van der Waals surface area contributed by atoms with Crippen LogP contribution in [0.2, 0.25) is 0 Å². The molecule has 0 aromatic carbocycles. The second kappa shape index (κ2) is 8.75. The van der Waals surface area contributed by atoms with Crippen LogP contribution in [0.4, 0.5) is 5.95 Å². The van der Waals surface area contributed by atoms with Crippen LogP contribution in [0.3, 0.4) is 0 Å². The van der Waals surface area contributed by atoms with Gasteiger partial charge in [0, 0.05) is 43.6 Å². The summed E-state index contributed by atoms with van der Waals surface area (Å²) in [7, 11) is 2.04. The molecule has 0 bridgehead atoms. The van der Waals surface area contributed by atoms with Crippen LogP contribution < -0.4 is 5.32 Å². The Morgan fingerprint density at radius 2 is 1.93 bits per heavy atom. The summed E-state index contributed by atoms with van der Waals surface area (Å²) >= 11 is 0. The molecule has 2 fully saturated rings. The van der Waals surface area contributed by atoms with Crippen molar-refractivity contribution in [1.29, 1.82) is 0 Å². The summed E-state index contributed by atoms with van der Waals surface area (Å²) in [5.74, 6) is 2.66. The minimum absolute atomic E-state index is 0.281. The van der Waals surface area contributed by atoms with Gasteiger partial charge in [-0.05, 0) is 32.7 Å². The summed E-state index contributed by atoms with van der Waals surface area (Å²) < 4.78 is 11.1. The van der Waals surface area contributed by atoms with Gasteiger partial charge in [0.1, 0.15) is 0 Å². The lowest BCUT2D eigenvalue weighted by Crippen LogP contribution is -2.20. The van der Waals surface area contributed by atoms with E-state index in [4.69, 9.17) is 9.26 Å². The SMILES string of the molecule is CN(Cc1cnc(NCC2CCCO2)nc1)Cc1noc(C2CCCC2)n1. The Balaban J connectivity index is 1.24. The summed E-state index contributed by atoms with van der Waals surface area (Å²) in [5.41, 5.74) is 1.06. The molecule has 0 spiro atoms. The van der Waals surface area contributed by atoms with Gasteiger partial charge in [-0.3, -0.25) is 4.90 Å². The Labute approximate surface area is 159 Å². The predicted octanol–water partition coefficient (Wildman–Crippen LogP) is 2.74. The largest absolute Gasteiger partial charge is 0.376 e. The molecule has 27 heavy (non-hydrogen) atoms. The van der Waals surface area contributed by atoms with Crippen LogP contribution in [0, 0.1) is 0 Å². The van der Waals surface area contributed by atoms with Gasteiger partial charge in [0.25, 0.3) is 0 Å². The lowest BCUT2D eigenvalue weighted by Gasteiger charge is -2.14. The van der Waals surface area contributed by atoms with Crippen LogP contribution in [0.5, 0.6) is 0 Å². The average molecular weight is 372 g/mol. The van der Waals surface area contributed by atoms with Crippen molar-refractivity contribution in [3.63, 3.8) is 0 Å². The highest BCUT2D eigenvalue weighted by Gasteiger charge is 2.23. The van der Waals surface area contributed by atoms with Crippen molar-refractivity contribution < 1.29 is 9.26 Å². The Kier molecular flexibility index (Phi) is 5.94. The molecule has 8 heteroatoms. The normalized spacial score (nSPS) is 20.6. The zero-order chi connectivity index (χ0) is 18.5. The molecule has 1 atom stereocenters. The molecule has 0 amide bonds. The van der Waals surface area contributed by atoms with Crippen molar-refractivity contribution in [1.82, 2.24) is 25.0 Å². The average Bonchev–Trinajstić information content (AvgIpc) is 3.43. The van der Waals surface area contributed by atoms with Crippen molar-refractivity contribution in [3.05, 3.63) is 29.7 Å². The van der Waals surface area contributed by atoms with E-state index in [0.717, 1.165) is 49.8 Å². The number of rotatable bonds is 8. The maximum Gasteiger partial charge on any atom is 0.229 e. The Bertz CT molecular complexity index is 707. The molecule has 0 radical (unpaired) electrons. The Morgan fingerprint density at radius 1 is 1.11 bits per heavy atom. The van der Waals surface area contributed by atoms with E-state index in [2.05, 4.69) is 30.3 Å². The van der Waals surface area contributed by atoms with Gasteiger partial charge in [-0.1, -0.05) is 18.0 Å². The van der Waals surface area contributed by atoms with E-state index in [1.807, 2.05) is 19.4 Å². The van der Waals surface area contributed by atoms with Crippen LogP contribution in [0.25, 0.3) is 0 Å². The van der Waals surface area contributed by atoms with Crippen molar-refractivity contribution in [2.24, 2.45) is 0 Å². The molecular formula is C19H28N6O2. The molecular weight excluding hydrogens is 344 g/mol. The van der Waals surface area contributed by atoms with E-state index >= 15 is 0 Å². The number of anilines is 1. The summed E-state index contributed by atoms with van der Waals surface area (Å²) in [5, 5.41) is 7.38. The van der Waals surface area contributed by atoms with Gasteiger partial charge in [0.05, 0.1) is 12.6 Å². The van der Waals surface area contributed by atoms with Gasteiger partial charge in [-0.15, -0.1) is 0 Å². The van der Waals surface area contributed by atoms with Gasteiger partial charge in [0.2, 0.25) is 11.8 Å².